The molecule has 0 aliphatic carbocycles. The summed E-state index contributed by atoms with van der Waals surface area (Å²) >= 11 is 3.07. The van der Waals surface area contributed by atoms with E-state index in [9.17, 15) is 4.79 Å². The second-order valence-corrected chi connectivity index (χ2v) is 9.07. The summed E-state index contributed by atoms with van der Waals surface area (Å²) < 4.78 is 10.8. The fourth-order valence-corrected chi connectivity index (χ4v) is 5.44. The Morgan fingerprint density at radius 2 is 1.78 bits per heavy atom. The van der Waals surface area contributed by atoms with Crippen molar-refractivity contribution in [2.45, 2.75) is 18.7 Å². The summed E-state index contributed by atoms with van der Waals surface area (Å²) in [5, 5.41) is 1.74. The SMILES string of the molecule is CCOc1ccc2c(c1)SC(=CC=C1SC(=Nc3ccc(OC)cc3)N(CC)C1=O)N2C. The maximum absolute atomic E-state index is 12.9. The zero-order valence-corrected chi connectivity index (χ0v) is 20.1. The molecule has 0 bridgehead atoms. The first-order valence-electron chi connectivity index (χ1n) is 10.4. The summed E-state index contributed by atoms with van der Waals surface area (Å²) in [5.74, 6) is 1.62. The maximum atomic E-state index is 12.9. The van der Waals surface area contributed by atoms with Gasteiger partial charge in [0.15, 0.2) is 5.17 Å². The summed E-state index contributed by atoms with van der Waals surface area (Å²) in [6.07, 6.45) is 3.88. The lowest BCUT2D eigenvalue weighted by Crippen LogP contribution is -2.28. The number of hydrogen-bond donors (Lipinski definition) is 0. The third-order valence-electron chi connectivity index (χ3n) is 5.03. The third kappa shape index (κ3) is 4.52. The molecule has 2 aromatic rings. The van der Waals surface area contributed by atoms with Crippen molar-refractivity contribution < 1.29 is 14.3 Å². The van der Waals surface area contributed by atoms with E-state index in [0.29, 0.717) is 23.2 Å². The molecule has 8 heteroatoms. The second-order valence-electron chi connectivity index (χ2n) is 7.00. The van der Waals surface area contributed by atoms with Crippen molar-refractivity contribution in [1.82, 2.24) is 4.90 Å². The molecule has 4 rings (SSSR count). The highest BCUT2D eigenvalue weighted by atomic mass is 32.2. The Balaban J connectivity index is 1.55. The van der Waals surface area contributed by atoms with Crippen molar-refractivity contribution in [1.29, 1.82) is 0 Å². The molecule has 0 spiro atoms. The van der Waals surface area contributed by atoms with E-state index in [4.69, 9.17) is 9.47 Å². The first kappa shape index (κ1) is 22.4. The van der Waals surface area contributed by atoms with Crippen LogP contribution in [0.5, 0.6) is 11.5 Å². The van der Waals surface area contributed by atoms with Gasteiger partial charge >= 0.3 is 0 Å². The Morgan fingerprint density at radius 3 is 2.47 bits per heavy atom. The molecule has 2 heterocycles. The fraction of sp³-hybridized carbons (Fsp3) is 0.250. The van der Waals surface area contributed by atoms with Crippen LogP contribution in [-0.4, -0.2) is 43.3 Å². The fourth-order valence-electron chi connectivity index (χ4n) is 3.35. The van der Waals surface area contributed by atoms with Gasteiger partial charge in [-0.1, -0.05) is 11.8 Å². The van der Waals surface area contributed by atoms with Gasteiger partial charge in [-0.3, -0.25) is 9.69 Å². The van der Waals surface area contributed by atoms with Crippen LogP contribution in [0.15, 0.2) is 74.4 Å². The summed E-state index contributed by atoms with van der Waals surface area (Å²) in [6, 6.07) is 13.6. The first-order valence-corrected chi connectivity index (χ1v) is 12.0. The van der Waals surface area contributed by atoms with Crippen molar-refractivity contribution in [3.63, 3.8) is 0 Å². The van der Waals surface area contributed by atoms with Crippen LogP contribution in [0.1, 0.15) is 13.8 Å². The zero-order valence-electron chi connectivity index (χ0n) is 18.5. The van der Waals surface area contributed by atoms with Crippen molar-refractivity contribution in [3.8, 4) is 11.5 Å². The smallest absolute Gasteiger partial charge is 0.266 e. The molecule has 0 saturated carbocycles. The molecule has 1 fully saturated rings. The van der Waals surface area contributed by atoms with Gasteiger partial charge in [0.05, 0.1) is 35.0 Å². The molecule has 1 saturated heterocycles. The second kappa shape index (κ2) is 9.75. The Bertz CT molecular complexity index is 1110. The summed E-state index contributed by atoms with van der Waals surface area (Å²) in [7, 11) is 3.66. The first-order chi connectivity index (χ1) is 15.5. The van der Waals surface area contributed by atoms with Gasteiger partial charge in [-0.05, 0) is 80.2 Å². The predicted octanol–water partition coefficient (Wildman–Crippen LogP) is 5.64. The minimum absolute atomic E-state index is 0.0246. The molecular formula is C24H25N3O3S2. The molecular weight excluding hydrogens is 442 g/mol. The van der Waals surface area contributed by atoms with Gasteiger partial charge < -0.3 is 14.4 Å². The maximum Gasteiger partial charge on any atom is 0.266 e. The van der Waals surface area contributed by atoms with Gasteiger partial charge in [0.25, 0.3) is 5.91 Å². The number of benzene rings is 2. The number of aliphatic imine (C=N–C) groups is 1. The Labute approximate surface area is 197 Å². The number of anilines is 1. The monoisotopic (exact) mass is 467 g/mol. The van der Waals surface area contributed by atoms with E-state index >= 15 is 0 Å². The molecule has 2 aliphatic heterocycles. The number of fused-ring (bicyclic) bond motifs is 1. The van der Waals surface area contributed by atoms with Gasteiger partial charge in [0.2, 0.25) is 0 Å². The van der Waals surface area contributed by atoms with Crippen LogP contribution in [0.2, 0.25) is 0 Å². The van der Waals surface area contributed by atoms with Crippen LogP contribution in [0.25, 0.3) is 0 Å². The van der Waals surface area contributed by atoms with Gasteiger partial charge in [-0.25, -0.2) is 4.99 Å². The molecule has 2 aliphatic rings. The topological polar surface area (TPSA) is 54.4 Å². The lowest BCUT2D eigenvalue weighted by molar-refractivity contribution is -0.122. The number of likely N-dealkylation sites (N-methyl/N-ethyl adjacent to an activating group) is 1. The Morgan fingerprint density at radius 1 is 1.03 bits per heavy atom. The number of hydrogen-bond acceptors (Lipinski definition) is 7. The molecule has 32 heavy (non-hydrogen) atoms. The van der Waals surface area contributed by atoms with Crippen LogP contribution in [0, 0.1) is 0 Å². The minimum atomic E-state index is -0.0246. The number of methoxy groups -OCH3 is 1. The number of nitrogens with zero attached hydrogens (tertiary/aromatic N) is 3. The van der Waals surface area contributed by atoms with Crippen LogP contribution < -0.4 is 14.4 Å². The molecule has 0 radical (unpaired) electrons. The average molecular weight is 468 g/mol. The van der Waals surface area contributed by atoms with Gasteiger partial charge in [-0.2, -0.15) is 0 Å². The quantitative estimate of drug-likeness (QED) is 0.512. The molecule has 6 nitrogen and oxygen atoms in total. The van der Waals surface area contributed by atoms with E-state index in [1.54, 1.807) is 23.8 Å². The highest BCUT2D eigenvalue weighted by Crippen LogP contribution is 2.46. The Kier molecular flexibility index (Phi) is 6.81. The summed E-state index contributed by atoms with van der Waals surface area (Å²) in [6.45, 7) is 5.14. The van der Waals surface area contributed by atoms with Gasteiger partial charge in [0, 0.05) is 18.5 Å². The number of ether oxygens (including phenoxy) is 2. The number of thioether (sulfide) groups is 2. The molecule has 0 N–H and O–H groups in total. The highest BCUT2D eigenvalue weighted by molar-refractivity contribution is 8.18. The lowest BCUT2D eigenvalue weighted by atomic mass is 10.3. The average Bonchev–Trinajstić information content (AvgIpc) is 3.28. The van der Waals surface area contributed by atoms with Crippen molar-refractivity contribution >= 4 is 46.0 Å². The minimum Gasteiger partial charge on any atom is -0.497 e. The Hall–Kier alpha value is -2.84. The molecule has 0 aromatic heterocycles. The highest BCUT2D eigenvalue weighted by Gasteiger charge is 2.32. The van der Waals surface area contributed by atoms with Crippen LogP contribution in [0.3, 0.4) is 0 Å². The van der Waals surface area contributed by atoms with E-state index in [1.807, 2.05) is 63.4 Å². The van der Waals surface area contributed by atoms with E-state index in [-0.39, 0.29) is 5.91 Å². The number of carbonyl (C=O) groups is 1. The van der Waals surface area contributed by atoms with Crippen molar-refractivity contribution in [2.24, 2.45) is 4.99 Å². The standard InChI is InChI=1S/C24H25N3O3S2/c1-5-27-23(28)20(32-24(27)25-16-7-9-17(29-4)10-8-16)13-14-22-26(3)19-12-11-18(30-6-2)15-21(19)31-22/h7-15H,5-6H2,1-4H3. The number of allylic oxidation sites excluding steroid dienone is 2. The van der Waals surface area contributed by atoms with Crippen LogP contribution in [0.4, 0.5) is 11.4 Å². The normalized spacial score (nSPS) is 19.4. The van der Waals surface area contributed by atoms with Gasteiger partial charge in [-0.15, -0.1) is 0 Å². The lowest BCUT2D eigenvalue weighted by Gasteiger charge is -2.13. The largest absolute Gasteiger partial charge is 0.497 e. The molecule has 1 amide bonds. The number of amidine groups is 1. The number of amides is 1. The summed E-state index contributed by atoms with van der Waals surface area (Å²) in [5.41, 5.74) is 1.91. The number of rotatable bonds is 6. The zero-order chi connectivity index (χ0) is 22.7. The van der Waals surface area contributed by atoms with E-state index in [2.05, 4.69) is 22.0 Å². The molecule has 0 atom stereocenters. The molecule has 2 aromatic carbocycles. The van der Waals surface area contributed by atoms with Crippen LogP contribution >= 0.6 is 23.5 Å². The predicted molar refractivity (Wildman–Crippen MR) is 133 cm³/mol. The van der Waals surface area contributed by atoms with Crippen LogP contribution in [-0.2, 0) is 4.79 Å². The molecule has 166 valence electrons. The van der Waals surface area contributed by atoms with E-state index in [0.717, 1.165) is 32.8 Å². The molecule has 0 unspecified atom stereocenters. The van der Waals surface area contributed by atoms with E-state index in [1.165, 1.54) is 11.8 Å². The third-order valence-corrected chi connectivity index (χ3v) is 7.22. The van der Waals surface area contributed by atoms with E-state index < -0.39 is 0 Å². The van der Waals surface area contributed by atoms with Crippen molar-refractivity contribution in [3.05, 3.63) is 64.6 Å². The van der Waals surface area contributed by atoms with Gasteiger partial charge in [0.1, 0.15) is 11.5 Å². The number of carbonyl (C=O) groups excluding carboxylic acids is 1. The summed E-state index contributed by atoms with van der Waals surface area (Å²) in [4.78, 5) is 23.2. The van der Waals surface area contributed by atoms with Crippen molar-refractivity contribution in [2.75, 3.05) is 32.2 Å².